The van der Waals surface area contributed by atoms with Crippen LogP contribution in [0.5, 0.6) is 0 Å². The Hall–Kier alpha value is -2.15. The second kappa shape index (κ2) is 6.87. The highest BCUT2D eigenvalue weighted by molar-refractivity contribution is 7.89. The van der Waals surface area contributed by atoms with Crippen LogP contribution in [0.1, 0.15) is 24.1 Å². The molecule has 0 aliphatic carbocycles. The van der Waals surface area contributed by atoms with Crippen molar-refractivity contribution in [1.29, 1.82) is 0 Å². The van der Waals surface area contributed by atoms with Gasteiger partial charge in [0.2, 0.25) is 10.0 Å². The Kier molecular flexibility index (Phi) is 4.92. The highest BCUT2D eigenvalue weighted by Crippen LogP contribution is 2.41. The SMILES string of the molecule is Cc1ccc(S(=O)(=O)N2[C@H](C)C=C(C(=O)O)[C@@H]2c2cccc(Cl)c2)cc1. The molecular formula is C19H18ClNO4S. The first kappa shape index (κ1) is 18.6. The van der Waals surface area contributed by atoms with Gasteiger partial charge in [-0.1, -0.05) is 47.5 Å². The third kappa shape index (κ3) is 3.28. The van der Waals surface area contributed by atoms with Crippen molar-refractivity contribution in [3.05, 3.63) is 76.3 Å². The number of hydrogen-bond acceptors (Lipinski definition) is 3. The third-order valence-electron chi connectivity index (χ3n) is 4.38. The summed E-state index contributed by atoms with van der Waals surface area (Å²) in [7, 11) is -3.91. The maximum absolute atomic E-state index is 13.3. The van der Waals surface area contributed by atoms with Gasteiger partial charge in [-0.25, -0.2) is 13.2 Å². The topological polar surface area (TPSA) is 74.7 Å². The lowest BCUT2D eigenvalue weighted by molar-refractivity contribution is -0.133. The van der Waals surface area contributed by atoms with E-state index in [-0.39, 0.29) is 10.5 Å². The molecule has 0 amide bonds. The molecule has 1 N–H and O–H groups in total. The van der Waals surface area contributed by atoms with Gasteiger partial charge in [0.25, 0.3) is 0 Å². The Labute approximate surface area is 157 Å². The molecule has 0 aromatic heterocycles. The van der Waals surface area contributed by atoms with Gasteiger partial charge >= 0.3 is 5.97 Å². The molecule has 1 aliphatic heterocycles. The van der Waals surface area contributed by atoms with E-state index in [2.05, 4.69) is 0 Å². The van der Waals surface area contributed by atoms with Crippen molar-refractivity contribution in [2.24, 2.45) is 0 Å². The highest BCUT2D eigenvalue weighted by Gasteiger charge is 2.44. The summed E-state index contributed by atoms with van der Waals surface area (Å²) in [6, 6.07) is 11.6. The average Bonchev–Trinajstić information content (AvgIpc) is 2.93. The summed E-state index contributed by atoms with van der Waals surface area (Å²) in [6.07, 6.45) is 1.47. The predicted molar refractivity (Wildman–Crippen MR) is 99.6 cm³/mol. The van der Waals surface area contributed by atoms with Gasteiger partial charge in [-0.3, -0.25) is 0 Å². The number of carbonyl (C=O) groups is 1. The normalized spacial score (nSPS) is 20.8. The van der Waals surface area contributed by atoms with E-state index in [1.807, 2.05) is 6.92 Å². The zero-order valence-electron chi connectivity index (χ0n) is 14.3. The van der Waals surface area contributed by atoms with E-state index < -0.39 is 28.1 Å². The molecule has 0 saturated carbocycles. The quantitative estimate of drug-likeness (QED) is 0.860. The Morgan fingerprint density at radius 1 is 1.15 bits per heavy atom. The summed E-state index contributed by atoms with van der Waals surface area (Å²) >= 11 is 6.05. The van der Waals surface area contributed by atoms with Crippen LogP contribution in [0, 0.1) is 6.92 Å². The number of nitrogens with zero attached hydrogens (tertiary/aromatic N) is 1. The summed E-state index contributed by atoms with van der Waals surface area (Å²) in [5.74, 6) is -1.15. The second-order valence-electron chi connectivity index (χ2n) is 6.27. The number of sulfonamides is 1. The van der Waals surface area contributed by atoms with Crippen LogP contribution in [0.2, 0.25) is 5.02 Å². The maximum Gasteiger partial charge on any atom is 0.333 e. The molecule has 0 spiro atoms. The van der Waals surface area contributed by atoms with Crippen molar-refractivity contribution in [3.63, 3.8) is 0 Å². The van der Waals surface area contributed by atoms with E-state index in [1.165, 1.54) is 22.5 Å². The van der Waals surface area contributed by atoms with Crippen LogP contribution < -0.4 is 0 Å². The van der Waals surface area contributed by atoms with Gasteiger partial charge in [0.05, 0.1) is 16.5 Å². The smallest absolute Gasteiger partial charge is 0.333 e. The lowest BCUT2D eigenvalue weighted by Crippen LogP contribution is -2.37. The minimum Gasteiger partial charge on any atom is -0.478 e. The minimum absolute atomic E-state index is 0.0236. The largest absolute Gasteiger partial charge is 0.478 e. The summed E-state index contributed by atoms with van der Waals surface area (Å²) in [5, 5.41) is 10.0. The first-order valence-corrected chi connectivity index (χ1v) is 9.84. The summed E-state index contributed by atoms with van der Waals surface area (Å²) in [4.78, 5) is 11.9. The molecule has 2 aromatic rings. The second-order valence-corrected chi connectivity index (χ2v) is 8.55. The van der Waals surface area contributed by atoms with Crippen LogP contribution in [-0.2, 0) is 14.8 Å². The molecule has 1 aliphatic rings. The van der Waals surface area contributed by atoms with E-state index in [9.17, 15) is 18.3 Å². The van der Waals surface area contributed by atoms with Gasteiger partial charge in [0.15, 0.2) is 0 Å². The van der Waals surface area contributed by atoms with Gasteiger partial charge < -0.3 is 5.11 Å². The Balaban J connectivity index is 2.15. The molecular weight excluding hydrogens is 374 g/mol. The first-order valence-electron chi connectivity index (χ1n) is 8.02. The average molecular weight is 392 g/mol. The molecule has 5 nitrogen and oxygen atoms in total. The lowest BCUT2D eigenvalue weighted by atomic mass is 10.0. The monoisotopic (exact) mass is 391 g/mol. The number of aryl methyl sites for hydroxylation is 1. The van der Waals surface area contributed by atoms with Crippen molar-refractivity contribution >= 4 is 27.6 Å². The fourth-order valence-corrected chi connectivity index (χ4v) is 5.11. The van der Waals surface area contributed by atoms with Crippen LogP contribution in [0.4, 0.5) is 0 Å². The van der Waals surface area contributed by atoms with E-state index >= 15 is 0 Å². The van der Waals surface area contributed by atoms with Crippen LogP contribution in [0.3, 0.4) is 0 Å². The van der Waals surface area contributed by atoms with E-state index in [0.717, 1.165) is 5.56 Å². The molecule has 0 bridgehead atoms. The molecule has 1 heterocycles. The van der Waals surface area contributed by atoms with Gasteiger partial charge in [0, 0.05) is 11.1 Å². The molecule has 26 heavy (non-hydrogen) atoms. The molecule has 7 heteroatoms. The summed E-state index contributed by atoms with van der Waals surface area (Å²) < 4.78 is 27.7. The Morgan fingerprint density at radius 2 is 1.81 bits per heavy atom. The summed E-state index contributed by atoms with van der Waals surface area (Å²) in [5.41, 5.74) is 1.48. The van der Waals surface area contributed by atoms with Crippen LogP contribution >= 0.6 is 11.6 Å². The first-order chi connectivity index (χ1) is 12.2. The molecule has 0 fully saturated rings. The summed E-state index contributed by atoms with van der Waals surface area (Å²) in [6.45, 7) is 3.53. The van der Waals surface area contributed by atoms with Gasteiger partial charge in [-0.15, -0.1) is 0 Å². The number of benzene rings is 2. The molecule has 0 saturated heterocycles. The van der Waals surface area contributed by atoms with Crippen LogP contribution in [0.25, 0.3) is 0 Å². The molecule has 136 valence electrons. The number of aliphatic carboxylic acids is 1. The van der Waals surface area contributed by atoms with Crippen molar-refractivity contribution in [2.75, 3.05) is 0 Å². The minimum atomic E-state index is -3.91. The zero-order chi connectivity index (χ0) is 19.1. The highest BCUT2D eigenvalue weighted by atomic mass is 35.5. The lowest BCUT2D eigenvalue weighted by Gasteiger charge is -2.29. The molecule has 3 rings (SSSR count). The van der Waals surface area contributed by atoms with E-state index in [0.29, 0.717) is 10.6 Å². The number of carboxylic acids is 1. The number of hydrogen-bond donors (Lipinski definition) is 1. The fourth-order valence-electron chi connectivity index (χ4n) is 3.18. The van der Waals surface area contributed by atoms with Gasteiger partial charge in [0.1, 0.15) is 0 Å². The van der Waals surface area contributed by atoms with Crippen LogP contribution in [-0.4, -0.2) is 29.8 Å². The van der Waals surface area contributed by atoms with Crippen molar-refractivity contribution in [3.8, 4) is 0 Å². The number of rotatable bonds is 4. The third-order valence-corrected chi connectivity index (χ3v) is 6.58. The van der Waals surface area contributed by atoms with Crippen molar-refractivity contribution < 1.29 is 18.3 Å². The van der Waals surface area contributed by atoms with Crippen molar-refractivity contribution in [1.82, 2.24) is 4.31 Å². The number of carboxylic acid groups (broad SMARTS) is 1. The fraction of sp³-hybridized carbons (Fsp3) is 0.211. The molecule has 2 atom stereocenters. The zero-order valence-corrected chi connectivity index (χ0v) is 15.8. The van der Waals surface area contributed by atoms with Crippen molar-refractivity contribution in [2.45, 2.75) is 30.8 Å². The Morgan fingerprint density at radius 3 is 2.38 bits per heavy atom. The number of halogens is 1. The molecule has 0 unspecified atom stereocenters. The Bertz CT molecular complexity index is 983. The molecule has 0 radical (unpaired) electrons. The molecule has 2 aromatic carbocycles. The standard InChI is InChI=1S/C19H18ClNO4S/c1-12-6-8-16(9-7-12)26(24,25)21-13(2)10-17(19(22)23)18(21)14-4-3-5-15(20)11-14/h3-11,13,18H,1-2H3,(H,22,23)/t13-,18+/m1/s1. The maximum atomic E-state index is 13.3. The van der Waals surface area contributed by atoms with E-state index in [1.54, 1.807) is 43.3 Å². The van der Waals surface area contributed by atoms with Gasteiger partial charge in [-0.05, 0) is 43.7 Å². The van der Waals surface area contributed by atoms with E-state index in [4.69, 9.17) is 11.6 Å². The predicted octanol–water partition coefficient (Wildman–Crippen LogP) is 3.79. The van der Waals surface area contributed by atoms with Gasteiger partial charge in [-0.2, -0.15) is 4.31 Å². The van der Waals surface area contributed by atoms with Crippen LogP contribution in [0.15, 0.2) is 65.1 Å².